The van der Waals surface area contributed by atoms with Gasteiger partial charge in [0.05, 0.1) is 19.1 Å². The van der Waals surface area contributed by atoms with E-state index in [-0.39, 0.29) is 17.1 Å². The number of amides is 2. The lowest BCUT2D eigenvalue weighted by Gasteiger charge is -2.07. The fraction of sp³-hybridized carbons (Fsp3) is 0.182. The Morgan fingerprint density at radius 1 is 1.30 bits per heavy atom. The third-order valence-electron chi connectivity index (χ3n) is 2.11. The predicted octanol–water partition coefficient (Wildman–Crippen LogP) is 1.46. The molecule has 9 heteroatoms. The Balaban J connectivity index is 3.19. The first-order valence-electron chi connectivity index (χ1n) is 5.24. The maximum atomic E-state index is 11.2. The molecule has 1 aromatic rings. The van der Waals surface area contributed by atoms with Crippen LogP contribution in [0.3, 0.4) is 0 Å². The number of carbonyl (C=O) groups excluding carboxylic acids is 2. The predicted molar refractivity (Wildman–Crippen MR) is 67.6 cm³/mol. The summed E-state index contributed by atoms with van der Waals surface area (Å²) < 4.78 is 8.72. The van der Waals surface area contributed by atoms with Gasteiger partial charge in [-0.15, -0.1) is 0 Å². The first-order valence-corrected chi connectivity index (χ1v) is 5.24. The molecule has 0 saturated heterocycles. The summed E-state index contributed by atoms with van der Waals surface area (Å²) >= 11 is 0. The van der Waals surface area contributed by atoms with Crippen molar-refractivity contribution in [3.05, 3.63) is 39.9 Å². The molecule has 1 N–H and O–H groups in total. The average molecular weight is 281 g/mol. The summed E-state index contributed by atoms with van der Waals surface area (Å²) in [6.07, 6.45) is -1.85. The van der Waals surface area contributed by atoms with E-state index in [2.05, 4.69) is 19.8 Å². The maximum Gasteiger partial charge on any atom is 0.435 e. The first-order chi connectivity index (χ1) is 9.47. The number of carbonyl (C=O) groups is 2. The molecule has 106 valence electrons. The van der Waals surface area contributed by atoms with Crippen LogP contribution in [0.5, 0.6) is 0 Å². The van der Waals surface area contributed by atoms with Crippen LogP contribution in [0.15, 0.2) is 29.3 Å². The lowest BCUT2D eigenvalue weighted by Crippen LogP contribution is -2.32. The summed E-state index contributed by atoms with van der Waals surface area (Å²) in [6.45, 7) is 0. The molecule has 0 unspecified atom stereocenters. The Bertz CT molecular complexity index is 569. The van der Waals surface area contributed by atoms with E-state index in [1.54, 1.807) is 0 Å². The van der Waals surface area contributed by atoms with Crippen LogP contribution < -0.4 is 5.32 Å². The van der Waals surface area contributed by atoms with Crippen LogP contribution in [0.25, 0.3) is 0 Å². The molecule has 0 heterocycles. The molecule has 0 fully saturated rings. The number of non-ortho nitro benzene ring substituents is 1. The van der Waals surface area contributed by atoms with Crippen LogP contribution in [0.1, 0.15) is 5.56 Å². The second-order valence-corrected chi connectivity index (χ2v) is 3.35. The Labute approximate surface area is 113 Å². The average Bonchev–Trinajstić information content (AvgIpc) is 2.46. The quantitative estimate of drug-likeness (QED) is 0.379. The zero-order valence-corrected chi connectivity index (χ0v) is 10.7. The van der Waals surface area contributed by atoms with Gasteiger partial charge in [-0.05, 0) is 0 Å². The lowest BCUT2D eigenvalue weighted by atomic mass is 10.2. The van der Waals surface area contributed by atoms with Crippen molar-refractivity contribution in [2.45, 2.75) is 0 Å². The van der Waals surface area contributed by atoms with Crippen LogP contribution in [-0.2, 0) is 9.47 Å². The fourth-order valence-electron chi connectivity index (χ4n) is 1.22. The number of nitro benzene ring substituents is 1. The van der Waals surface area contributed by atoms with Gasteiger partial charge >= 0.3 is 12.2 Å². The fourth-order valence-corrected chi connectivity index (χ4v) is 1.22. The second kappa shape index (κ2) is 6.83. The van der Waals surface area contributed by atoms with Gasteiger partial charge in [0.15, 0.2) is 0 Å². The van der Waals surface area contributed by atoms with E-state index in [4.69, 9.17) is 0 Å². The maximum absolute atomic E-state index is 11.2. The van der Waals surface area contributed by atoms with E-state index in [1.807, 2.05) is 0 Å². The highest BCUT2D eigenvalue weighted by atomic mass is 16.6. The summed E-state index contributed by atoms with van der Waals surface area (Å²) in [5, 5.41) is 12.9. The molecule has 20 heavy (non-hydrogen) atoms. The molecule has 0 bridgehead atoms. The second-order valence-electron chi connectivity index (χ2n) is 3.35. The van der Waals surface area contributed by atoms with Gasteiger partial charge in [0.1, 0.15) is 5.84 Å². The topological polar surface area (TPSA) is 120 Å². The molecule has 1 rings (SSSR count). The van der Waals surface area contributed by atoms with E-state index >= 15 is 0 Å². The van der Waals surface area contributed by atoms with Crippen molar-refractivity contribution in [3.8, 4) is 0 Å². The Hall–Kier alpha value is -2.97. The highest BCUT2D eigenvalue weighted by molar-refractivity contribution is 6.10. The molecule has 9 nitrogen and oxygen atoms in total. The first kappa shape index (κ1) is 15.1. The summed E-state index contributed by atoms with van der Waals surface area (Å²) in [5.41, 5.74) is -0.0540. The van der Waals surface area contributed by atoms with Gasteiger partial charge < -0.3 is 9.47 Å². The van der Waals surface area contributed by atoms with Crippen LogP contribution in [-0.4, -0.2) is 37.2 Å². The van der Waals surface area contributed by atoms with Crippen molar-refractivity contribution in [1.82, 2.24) is 5.32 Å². The Kier molecular flexibility index (Phi) is 5.15. The number of aliphatic imine (C=N–C) groups is 1. The van der Waals surface area contributed by atoms with Crippen molar-refractivity contribution in [3.63, 3.8) is 0 Å². The lowest BCUT2D eigenvalue weighted by molar-refractivity contribution is -0.384. The molecule has 0 radical (unpaired) electrons. The Morgan fingerprint density at radius 3 is 2.55 bits per heavy atom. The number of benzene rings is 1. The molecule has 0 aliphatic heterocycles. The van der Waals surface area contributed by atoms with E-state index in [0.29, 0.717) is 0 Å². The number of amidine groups is 1. The highest BCUT2D eigenvalue weighted by Crippen LogP contribution is 2.13. The van der Waals surface area contributed by atoms with E-state index in [9.17, 15) is 19.7 Å². The molecule has 1 aromatic carbocycles. The number of nitro groups is 1. The van der Waals surface area contributed by atoms with Crippen molar-refractivity contribution in [2.75, 3.05) is 14.2 Å². The van der Waals surface area contributed by atoms with E-state index in [1.165, 1.54) is 18.2 Å². The summed E-state index contributed by atoms with van der Waals surface area (Å²) in [5.74, 6) is -0.215. The minimum Gasteiger partial charge on any atom is -0.453 e. The smallest absolute Gasteiger partial charge is 0.435 e. The zero-order valence-electron chi connectivity index (χ0n) is 10.7. The van der Waals surface area contributed by atoms with Crippen LogP contribution in [0, 0.1) is 10.1 Å². The molecule has 0 spiro atoms. The monoisotopic (exact) mass is 281 g/mol. The van der Waals surface area contributed by atoms with Gasteiger partial charge in [-0.25, -0.2) is 9.59 Å². The van der Waals surface area contributed by atoms with Crippen molar-refractivity contribution >= 4 is 23.7 Å². The van der Waals surface area contributed by atoms with Gasteiger partial charge in [-0.2, -0.15) is 4.99 Å². The summed E-state index contributed by atoms with van der Waals surface area (Å²) in [7, 11) is 2.23. The SMILES string of the molecule is COC(=O)N=C(NC(=O)OC)c1cccc([N+](=O)[O-])c1. The number of ether oxygens (including phenoxy) is 2. The van der Waals surface area contributed by atoms with Gasteiger partial charge in [-0.1, -0.05) is 12.1 Å². The van der Waals surface area contributed by atoms with Gasteiger partial charge in [0.25, 0.3) is 5.69 Å². The summed E-state index contributed by atoms with van der Waals surface area (Å²) in [4.78, 5) is 35.9. The number of nitrogens with one attached hydrogen (secondary N) is 1. The molecule has 0 saturated carbocycles. The zero-order chi connectivity index (χ0) is 15.1. The van der Waals surface area contributed by atoms with Crippen molar-refractivity contribution in [2.24, 2.45) is 4.99 Å². The largest absolute Gasteiger partial charge is 0.453 e. The van der Waals surface area contributed by atoms with Gasteiger partial charge in [-0.3, -0.25) is 15.4 Å². The van der Waals surface area contributed by atoms with Crippen LogP contribution in [0.2, 0.25) is 0 Å². The number of alkyl carbamates (subject to hydrolysis) is 1. The summed E-state index contributed by atoms with van der Waals surface area (Å²) in [6, 6.07) is 5.24. The van der Waals surface area contributed by atoms with Gasteiger partial charge in [0.2, 0.25) is 0 Å². The van der Waals surface area contributed by atoms with Gasteiger partial charge in [0, 0.05) is 17.7 Å². The third kappa shape index (κ3) is 4.05. The standard InChI is InChI=1S/C11H11N3O6/c1-19-10(15)12-9(13-11(16)20-2)7-4-3-5-8(6-7)14(17)18/h3-6H,1-2H3,(H,12,13,15,16). The molecular weight excluding hydrogens is 270 g/mol. The Morgan fingerprint density at radius 2 is 2.00 bits per heavy atom. The number of nitrogens with zero attached hydrogens (tertiary/aromatic N) is 2. The van der Waals surface area contributed by atoms with Crippen LogP contribution in [0.4, 0.5) is 15.3 Å². The van der Waals surface area contributed by atoms with Crippen molar-refractivity contribution < 1.29 is 24.0 Å². The number of rotatable bonds is 2. The number of methoxy groups -OCH3 is 2. The molecular formula is C11H11N3O6. The third-order valence-corrected chi connectivity index (χ3v) is 2.11. The number of hydrogen-bond acceptors (Lipinski definition) is 6. The minimum absolute atomic E-state index is 0.162. The molecule has 0 aromatic heterocycles. The molecule has 0 atom stereocenters. The highest BCUT2D eigenvalue weighted by Gasteiger charge is 2.14. The van der Waals surface area contributed by atoms with E-state index in [0.717, 1.165) is 20.3 Å². The number of hydrogen-bond donors (Lipinski definition) is 1. The van der Waals surface area contributed by atoms with Crippen molar-refractivity contribution in [1.29, 1.82) is 0 Å². The van der Waals surface area contributed by atoms with Crippen LogP contribution >= 0.6 is 0 Å². The van der Waals surface area contributed by atoms with E-state index < -0.39 is 17.1 Å². The molecule has 0 aliphatic carbocycles. The molecule has 0 aliphatic rings. The normalized spacial score (nSPS) is 10.6. The minimum atomic E-state index is -0.970. The molecule has 2 amide bonds.